The predicted octanol–water partition coefficient (Wildman–Crippen LogP) is 2.69. The minimum atomic E-state index is -3.64. The van der Waals surface area contributed by atoms with Crippen molar-refractivity contribution in [1.82, 2.24) is 9.71 Å². The third-order valence-corrected chi connectivity index (χ3v) is 4.81. The molecule has 1 aromatic heterocycles. The number of hydrogen-bond donors (Lipinski definition) is 1. The lowest BCUT2D eigenvalue weighted by atomic mass is 10.0. The van der Waals surface area contributed by atoms with Crippen molar-refractivity contribution in [2.45, 2.75) is 31.2 Å². The molecule has 0 radical (unpaired) electrons. The lowest BCUT2D eigenvalue weighted by molar-refractivity contribution is 0.340. The van der Waals surface area contributed by atoms with E-state index in [-0.39, 0.29) is 4.90 Å². The summed E-state index contributed by atoms with van der Waals surface area (Å²) in [6.07, 6.45) is 1.64. The highest BCUT2D eigenvalue weighted by Crippen LogP contribution is 2.22. The summed E-state index contributed by atoms with van der Waals surface area (Å²) in [6, 6.07) is 11.8. The van der Waals surface area contributed by atoms with E-state index in [9.17, 15) is 8.42 Å². The molecule has 118 valence electrons. The Labute approximate surface area is 131 Å². The largest absolute Gasteiger partial charge is 0.494 e. The van der Waals surface area contributed by atoms with Crippen molar-refractivity contribution in [2.75, 3.05) is 6.61 Å². The quantitative estimate of drug-likeness (QED) is 0.888. The molecule has 1 N–H and O–H groups in total. The van der Waals surface area contributed by atoms with Crippen molar-refractivity contribution >= 4 is 10.0 Å². The molecule has 0 saturated heterocycles. The molecule has 0 saturated carbocycles. The van der Waals surface area contributed by atoms with E-state index in [1.165, 1.54) is 12.1 Å². The fraction of sp³-hybridized carbons (Fsp3) is 0.312. The molecule has 0 spiro atoms. The average Bonchev–Trinajstić information content (AvgIpc) is 2.48. The van der Waals surface area contributed by atoms with Gasteiger partial charge in [-0.3, -0.25) is 4.98 Å². The van der Waals surface area contributed by atoms with E-state index < -0.39 is 15.6 Å². The van der Waals surface area contributed by atoms with Crippen molar-refractivity contribution in [3.63, 3.8) is 0 Å². The lowest BCUT2D eigenvalue weighted by Gasteiger charge is -2.25. The van der Waals surface area contributed by atoms with Gasteiger partial charge in [0.1, 0.15) is 5.75 Å². The number of nitrogens with zero attached hydrogens (tertiary/aromatic N) is 1. The molecular formula is C16H20N2O3S. The minimum Gasteiger partial charge on any atom is -0.494 e. The second-order valence-electron chi connectivity index (χ2n) is 5.35. The molecule has 5 nitrogen and oxygen atoms in total. The zero-order chi connectivity index (χ0) is 16.2. The Morgan fingerprint density at radius 2 is 1.82 bits per heavy atom. The Hall–Kier alpha value is -1.92. The highest BCUT2D eigenvalue weighted by molar-refractivity contribution is 7.89. The number of sulfonamides is 1. The van der Waals surface area contributed by atoms with Crippen LogP contribution >= 0.6 is 0 Å². The van der Waals surface area contributed by atoms with Crippen LogP contribution in [-0.4, -0.2) is 20.0 Å². The smallest absolute Gasteiger partial charge is 0.241 e. The monoisotopic (exact) mass is 320 g/mol. The van der Waals surface area contributed by atoms with Gasteiger partial charge in [-0.1, -0.05) is 6.07 Å². The van der Waals surface area contributed by atoms with Gasteiger partial charge < -0.3 is 4.74 Å². The molecule has 1 heterocycles. The van der Waals surface area contributed by atoms with E-state index in [1.54, 1.807) is 44.3 Å². The van der Waals surface area contributed by atoms with E-state index in [0.717, 1.165) is 0 Å². The van der Waals surface area contributed by atoms with Crippen molar-refractivity contribution in [2.24, 2.45) is 0 Å². The topological polar surface area (TPSA) is 68.3 Å². The van der Waals surface area contributed by atoms with Crippen LogP contribution < -0.4 is 9.46 Å². The van der Waals surface area contributed by atoms with E-state index in [2.05, 4.69) is 9.71 Å². The maximum absolute atomic E-state index is 12.5. The van der Waals surface area contributed by atoms with Gasteiger partial charge >= 0.3 is 0 Å². The van der Waals surface area contributed by atoms with Crippen molar-refractivity contribution < 1.29 is 13.2 Å². The number of rotatable bonds is 6. The number of hydrogen-bond acceptors (Lipinski definition) is 4. The van der Waals surface area contributed by atoms with Crippen LogP contribution in [0.4, 0.5) is 0 Å². The van der Waals surface area contributed by atoms with Crippen LogP contribution in [0.15, 0.2) is 53.6 Å². The lowest BCUT2D eigenvalue weighted by Crippen LogP contribution is -2.41. The Morgan fingerprint density at radius 1 is 1.14 bits per heavy atom. The van der Waals surface area contributed by atoms with Gasteiger partial charge in [0.15, 0.2) is 0 Å². The molecule has 2 aromatic rings. The normalized spacial score (nSPS) is 12.1. The Balaban J connectivity index is 2.23. The third kappa shape index (κ3) is 3.84. The summed E-state index contributed by atoms with van der Waals surface area (Å²) >= 11 is 0. The second-order valence-corrected chi connectivity index (χ2v) is 7.03. The second kappa shape index (κ2) is 6.46. The van der Waals surface area contributed by atoms with Crippen LogP contribution in [0.3, 0.4) is 0 Å². The number of pyridine rings is 1. The first-order valence-electron chi connectivity index (χ1n) is 7.03. The van der Waals surface area contributed by atoms with Crippen molar-refractivity contribution in [3.05, 3.63) is 54.4 Å². The zero-order valence-corrected chi connectivity index (χ0v) is 13.7. The Kier molecular flexibility index (Phi) is 4.83. The molecular weight excluding hydrogens is 300 g/mol. The fourth-order valence-electron chi connectivity index (χ4n) is 2.06. The molecule has 0 aliphatic carbocycles. The van der Waals surface area contributed by atoms with Crippen LogP contribution in [0.25, 0.3) is 0 Å². The van der Waals surface area contributed by atoms with Gasteiger partial charge in [0.05, 0.1) is 22.7 Å². The first kappa shape index (κ1) is 16.5. The number of ether oxygens (including phenoxy) is 1. The molecule has 0 fully saturated rings. The van der Waals surface area contributed by atoms with Crippen LogP contribution in [-0.2, 0) is 15.6 Å². The van der Waals surface area contributed by atoms with E-state index in [1.807, 2.05) is 13.0 Å². The highest BCUT2D eigenvalue weighted by atomic mass is 32.2. The first-order valence-corrected chi connectivity index (χ1v) is 8.52. The molecule has 0 unspecified atom stereocenters. The predicted molar refractivity (Wildman–Crippen MR) is 85.2 cm³/mol. The maximum atomic E-state index is 12.5. The van der Waals surface area contributed by atoms with Gasteiger partial charge in [0.25, 0.3) is 0 Å². The summed E-state index contributed by atoms with van der Waals surface area (Å²) in [6.45, 7) is 5.97. The van der Waals surface area contributed by atoms with Gasteiger partial charge in [-0.15, -0.1) is 0 Å². The number of aromatic nitrogens is 1. The summed E-state index contributed by atoms with van der Waals surface area (Å²) in [5.74, 6) is 0.644. The average molecular weight is 320 g/mol. The SMILES string of the molecule is CCOc1ccc(S(=O)(=O)NC(C)(C)c2ccccn2)cc1. The van der Waals surface area contributed by atoms with Gasteiger partial charge in [-0.25, -0.2) is 8.42 Å². The molecule has 1 aromatic carbocycles. The molecule has 0 amide bonds. The van der Waals surface area contributed by atoms with Crippen LogP contribution in [0, 0.1) is 0 Å². The van der Waals surface area contributed by atoms with Crippen LogP contribution in [0.2, 0.25) is 0 Å². The minimum absolute atomic E-state index is 0.194. The summed E-state index contributed by atoms with van der Waals surface area (Å²) in [5.41, 5.74) is -0.150. The molecule has 6 heteroatoms. The molecule has 0 aliphatic heterocycles. The van der Waals surface area contributed by atoms with E-state index in [4.69, 9.17) is 4.74 Å². The van der Waals surface area contributed by atoms with Crippen molar-refractivity contribution in [1.29, 1.82) is 0 Å². The fourth-order valence-corrected chi connectivity index (χ4v) is 3.45. The first-order chi connectivity index (χ1) is 10.3. The van der Waals surface area contributed by atoms with Gasteiger partial charge in [-0.2, -0.15) is 4.72 Å². The standard InChI is InChI=1S/C16H20N2O3S/c1-4-21-13-8-10-14(11-9-13)22(19,20)18-16(2,3)15-7-5-6-12-17-15/h5-12,18H,4H2,1-3H3. The Morgan fingerprint density at radius 3 is 2.36 bits per heavy atom. The highest BCUT2D eigenvalue weighted by Gasteiger charge is 2.28. The summed E-state index contributed by atoms with van der Waals surface area (Å²) < 4.78 is 33.0. The molecule has 0 atom stereocenters. The van der Waals surface area contributed by atoms with Crippen LogP contribution in [0.5, 0.6) is 5.75 Å². The van der Waals surface area contributed by atoms with Crippen LogP contribution in [0.1, 0.15) is 26.5 Å². The molecule has 0 bridgehead atoms. The van der Waals surface area contributed by atoms with E-state index >= 15 is 0 Å². The van der Waals surface area contributed by atoms with Gasteiger partial charge in [0, 0.05) is 6.20 Å². The molecule has 2 rings (SSSR count). The summed E-state index contributed by atoms with van der Waals surface area (Å²) in [4.78, 5) is 4.41. The summed E-state index contributed by atoms with van der Waals surface area (Å²) in [7, 11) is -3.64. The zero-order valence-electron chi connectivity index (χ0n) is 12.9. The van der Waals surface area contributed by atoms with Gasteiger partial charge in [0.2, 0.25) is 10.0 Å². The molecule has 0 aliphatic rings. The Bertz CT molecular complexity index is 711. The van der Waals surface area contributed by atoms with Crippen molar-refractivity contribution in [3.8, 4) is 5.75 Å². The maximum Gasteiger partial charge on any atom is 0.241 e. The molecule has 22 heavy (non-hydrogen) atoms. The van der Waals surface area contributed by atoms with Gasteiger partial charge in [-0.05, 0) is 57.2 Å². The third-order valence-electron chi connectivity index (χ3n) is 3.14. The summed E-state index contributed by atoms with van der Waals surface area (Å²) in [5, 5.41) is 0. The number of nitrogens with one attached hydrogen (secondary N) is 1. The number of benzene rings is 1. The van der Waals surface area contributed by atoms with E-state index in [0.29, 0.717) is 18.1 Å².